The van der Waals surface area contributed by atoms with Gasteiger partial charge < -0.3 is 55.7 Å². The largest absolute Gasteiger partial charge is 1.00 e. The topological polar surface area (TPSA) is 260 Å². The molecule has 3 aliphatic rings. The number of aliphatic carboxylic acids is 2. The van der Waals surface area contributed by atoms with Gasteiger partial charge in [0, 0.05) is 29.5 Å². The Morgan fingerprint density at radius 1 is 1.24 bits per heavy atom. The van der Waals surface area contributed by atoms with Gasteiger partial charge in [0.25, 0.3) is 17.7 Å². The van der Waals surface area contributed by atoms with Crippen molar-refractivity contribution in [1.29, 1.82) is 0 Å². The van der Waals surface area contributed by atoms with Crippen molar-refractivity contribution in [1.82, 2.24) is 20.5 Å². The third kappa shape index (κ3) is 8.14. The number of thioether (sulfide) groups is 1. The molecule has 1 aromatic heterocycles. The minimum absolute atomic E-state index is 0. The number of anilines is 1. The average molecular weight is 760 g/mol. The molecule has 0 radical (unpaired) electrons. The molecule has 6 N–H and O–H groups in total. The molecule has 2 saturated heterocycles. The van der Waals surface area contributed by atoms with E-state index >= 15 is 0 Å². The zero-order valence-electron chi connectivity index (χ0n) is 26.8. The van der Waals surface area contributed by atoms with Crippen LogP contribution < -0.4 is 56.1 Å². The maximum Gasteiger partial charge on any atom is 1.00 e. The summed E-state index contributed by atoms with van der Waals surface area (Å²) in [4.78, 5) is 72.9. The molecule has 0 spiro atoms. The monoisotopic (exact) mass is 759 g/mol. The first kappa shape index (κ1) is 39.2. The summed E-state index contributed by atoms with van der Waals surface area (Å²) < 4.78 is 0.440. The number of oxime groups is 1. The number of phenols is 2. The number of carbonyl (C=O) groups excluding carboxylic acids is 5. The predicted molar refractivity (Wildman–Crippen MR) is 172 cm³/mol. The summed E-state index contributed by atoms with van der Waals surface area (Å²) in [6.45, 7) is 3.44. The number of phenolic OH excluding ortho intramolecular Hbond substituents is 2. The number of amides is 3. The van der Waals surface area contributed by atoms with Crippen LogP contribution in [0.15, 0.2) is 33.9 Å². The Morgan fingerprint density at radius 2 is 1.94 bits per heavy atom. The number of β-lactam (4-membered cyclic amide) rings is 1. The number of thiazole rings is 1. The molecule has 3 atom stereocenters. The second kappa shape index (κ2) is 16.2. The van der Waals surface area contributed by atoms with E-state index in [4.69, 9.17) is 22.2 Å². The standard InChI is InChI=1S/C29H32ClN7O10S2.Na/c1-13(27(43)44)47-35-19(16-12-49-29(31)33-16)24(41)34-20-25(42)36-21(28(45)46)14(11-48-26(20)36)10-37(7-2-3-8-37)9-6-32-23(40)15-4-5-17(38)22(39)18(15)30;/h4-5,12-13,20,26H,2-3,6-11H2,1H3,(H7-,31,32,33,34,35,38,39,40,41,43,44,45,46);/q;+1/p-1/t13-,20+,26+;/m0./s1. The van der Waals surface area contributed by atoms with Gasteiger partial charge in [0.15, 0.2) is 28.4 Å². The first-order valence-corrected chi connectivity index (χ1v) is 17.2. The number of aromatic nitrogens is 1. The van der Waals surface area contributed by atoms with Gasteiger partial charge in [-0.1, -0.05) is 16.8 Å². The zero-order valence-corrected chi connectivity index (χ0v) is 31.2. The van der Waals surface area contributed by atoms with Gasteiger partial charge >= 0.3 is 29.6 Å². The summed E-state index contributed by atoms with van der Waals surface area (Å²) in [7, 11) is 0. The van der Waals surface area contributed by atoms with Crippen molar-refractivity contribution >= 4 is 75.2 Å². The quantitative estimate of drug-likeness (QED) is 0.0321. The Balaban J connectivity index is 0.00000562. The molecule has 0 aliphatic carbocycles. The third-order valence-corrected chi connectivity index (χ3v) is 10.8. The van der Waals surface area contributed by atoms with Crippen LogP contribution in [0, 0.1) is 0 Å². The number of quaternary nitrogens is 1. The first-order chi connectivity index (χ1) is 23.2. The molecule has 262 valence electrons. The molecule has 2 fully saturated rings. The van der Waals surface area contributed by atoms with E-state index in [2.05, 4.69) is 20.8 Å². The molecule has 3 amide bonds. The van der Waals surface area contributed by atoms with Crippen LogP contribution in [0.4, 0.5) is 5.13 Å². The number of nitrogens with one attached hydrogen (secondary N) is 2. The van der Waals surface area contributed by atoms with Crippen LogP contribution in [-0.2, 0) is 24.0 Å². The number of fused-ring (bicyclic) bond motifs is 1. The Hall–Kier alpha value is -3.59. The number of likely N-dealkylation sites (tertiary alicyclic amines) is 1. The molecule has 3 aliphatic heterocycles. The number of carbonyl (C=O) groups is 5. The average Bonchev–Trinajstić information content (AvgIpc) is 3.71. The van der Waals surface area contributed by atoms with Gasteiger partial charge in [0.2, 0.25) is 0 Å². The number of nitrogens with zero attached hydrogens (tertiary/aromatic N) is 4. The van der Waals surface area contributed by atoms with Crippen molar-refractivity contribution in [2.24, 2.45) is 5.16 Å². The summed E-state index contributed by atoms with van der Waals surface area (Å²) >= 11 is 8.27. The summed E-state index contributed by atoms with van der Waals surface area (Å²) in [5, 5.41) is 52.3. The van der Waals surface area contributed by atoms with E-state index in [1.165, 1.54) is 23.2 Å². The summed E-state index contributed by atoms with van der Waals surface area (Å²) in [5.41, 5.74) is 5.39. The van der Waals surface area contributed by atoms with E-state index in [1.807, 2.05) is 0 Å². The summed E-state index contributed by atoms with van der Waals surface area (Å²) in [6, 6.07) is 1.29. The Kier molecular flexibility index (Phi) is 12.7. The van der Waals surface area contributed by atoms with Crippen LogP contribution in [0.25, 0.3) is 0 Å². The fraction of sp³-hybridized carbons (Fsp3) is 0.414. The summed E-state index contributed by atoms with van der Waals surface area (Å²) in [5.74, 6) is -6.16. The zero-order chi connectivity index (χ0) is 35.6. The van der Waals surface area contributed by atoms with Gasteiger partial charge in [0.1, 0.15) is 23.7 Å². The van der Waals surface area contributed by atoms with Gasteiger partial charge in [-0.2, -0.15) is 0 Å². The van der Waals surface area contributed by atoms with Crippen molar-refractivity contribution in [2.45, 2.75) is 37.3 Å². The number of carboxylic acid groups (broad SMARTS) is 2. The molecule has 5 rings (SSSR count). The van der Waals surface area contributed by atoms with Crippen molar-refractivity contribution in [3.63, 3.8) is 0 Å². The van der Waals surface area contributed by atoms with Crippen LogP contribution in [0.5, 0.6) is 11.5 Å². The SMILES string of the molecule is C[C@H](O/N=C(\C(=O)N[C@@H]1C(=O)N2C(C(=O)[O-])=C(C[N+]3(CCNC(=O)c4ccc(O)c(O)c4Cl)CCCC3)CS[C@H]12)c1csc(N)n1)C(=O)[O-].[Na+]. The molecular formula is C29H31ClN7NaO10S2. The number of carboxylic acids is 2. The number of aromatic hydroxyl groups is 2. The molecule has 4 heterocycles. The first-order valence-electron chi connectivity index (χ1n) is 14.9. The number of halogens is 1. The minimum atomic E-state index is -1.58. The van der Waals surface area contributed by atoms with Gasteiger partial charge in [-0.3, -0.25) is 19.3 Å². The van der Waals surface area contributed by atoms with E-state index in [1.54, 1.807) is 0 Å². The number of nitrogen functional groups attached to an aromatic ring is 1. The third-order valence-electron chi connectivity index (χ3n) is 8.39. The molecule has 0 bridgehead atoms. The number of benzene rings is 1. The maximum absolute atomic E-state index is 13.4. The number of hydrogen-bond acceptors (Lipinski definition) is 15. The van der Waals surface area contributed by atoms with Crippen LogP contribution in [0.1, 0.15) is 35.8 Å². The molecule has 50 heavy (non-hydrogen) atoms. The Labute approximate surface area is 320 Å². The van der Waals surface area contributed by atoms with E-state index in [0.29, 0.717) is 29.7 Å². The fourth-order valence-corrected chi connectivity index (χ4v) is 8.01. The van der Waals surface area contributed by atoms with Crippen LogP contribution in [-0.4, -0.2) is 116 Å². The number of nitrogens with two attached hydrogens (primary N) is 1. The van der Waals surface area contributed by atoms with E-state index in [0.717, 1.165) is 42.1 Å². The maximum atomic E-state index is 13.4. The Bertz CT molecular complexity index is 1770. The number of hydrogen-bond donors (Lipinski definition) is 5. The molecule has 0 saturated carbocycles. The molecule has 1 aromatic carbocycles. The van der Waals surface area contributed by atoms with E-state index < -0.39 is 64.4 Å². The van der Waals surface area contributed by atoms with Crippen molar-refractivity contribution < 1.29 is 83.3 Å². The van der Waals surface area contributed by atoms with Gasteiger partial charge in [-0.25, -0.2) is 4.98 Å². The predicted octanol–water partition coefficient (Wildman–Crippen LogP) is -4.90. The normalized spacial score (nSPS) is 20.2. The second-order valence-corrected chi connectivity index (χ2v) is 14.0. The van der Waals surface area contributed by atoms with Crippen LogP contribution in [0.3, 0.4) is 0 Å². The van der Waals surface area contributed by atoms with E-state index in [9.17, 15) is 44.4 Å². The van der Waals surface area contributed by atoms with Crippen LogP contribution in [0.2, 0.25) is 5.02 Å². The molecule has 0 unspecified atom stereocenters. The molecular weight excluding hydrogens is 729 g/mol. The number of rotatable bonds is 13. The molecule has 21 heteroatoms. The van der Waals surface area contributed by atoms with Gasteiger partial charge in [-0.15, -0.1) is 23.1 Å². The molecule has 17 nitrogen and oxygen atoms in total. The van der Waals surface area contributed by atoms with Crippen molar-refractivity contribution in [3.8, 4) is 11.5 Å². The fourth-order valence-electron chi connectivity index (χ4n) is 5.88. The van der Waals surface area contributed by atoms with Crippen molar-refractivity contribution in [2.75, 3.05) is 44.2 Å². The van der Waals surface area contributed by atoms with Gasteiger partial charge in [0.05, 0.1) is 54.4 Å². The Morgan fingerprint density at radius 3 is 2.56 bits per heavy atom. The molecule has 2 aromatic rings. The van der Waals surface area contributed by atoms with Gasteiger partial charge in [-0.05, 0) is 19.1 Å². The second-order valence-electron chi connectivity index (χ2n) is 11.6. The van der Waals surface area contributed by atoms with Crippen LogP contribution >= 0.6 is 34.7 Å². The minimum Gasteiger partial charge on any atom is -0.546 e. The van der Waals surface area contributed by atoms with E-state index in [-0.39, 0.29) is 75.5 Å². The van der Waals surface area contributed by atoms with Crippen molar-refractivity contribution in [3.05, 3.63) is 45.1 Å². The summed E-state index contributed by atoms with van der Waals surface area (Å²) in [6.07, 6.45) is 0.228. The smallest absolute Gasteiger partial charge is 0.546 e.